The van der Waals surface area contributed by atoms with Crippen LogP contribution in [-0.2, 0) is 13.6 Å². The summed E-state index contributed by atoms with van der Waals surface area (Å²) in [6, 6.07) is 1.34. The van der Waals surface area contributed by atoms with Crippen molar-refractivity contribution in [2.24, 2.45) is 0 Å². The zero-order valence-electron chi connectivity index (χ0n) is 20.3. The van der Waals surface area contributed by atoms with Crippen molar-refractivity contribution in [2.45, 2.75) is 103 Å². The summed E-state index contributed by atoms with van der Waals surface area (Å²) in [6.07, 6.45) is 1.12. The summed E-state index contributed by atoms with van der Waals surface area (Å²) in [7, 11) is -4.00. The van der Waals surface area contributed by atoms with E-state index in [0.29, 0.717) is 13.0 Å². The van der Waals surface area contributed by atoms with E-state index in [1.54, 1.807) is 0 Å². The van der Waals surface area contributed by atoms with E-state index < -0.39 is 34.1 Å². The Balaban J connectivity index is 2.28. The Hall–Kier alpha value is -1.01. The fourth-order valence-electron chi connectivity index (χ4n) is 2.86. The first-order valence-electron chi connectivity index (χ1n) is 10.7. The van der Waals surface area contributed by atoms with Gasteiger partial charge in [0, 0.05) is 18.7 Å². The zero-order valence-corrected chi connectivity index (χ0v) is 22.3. The van der Waals surface area contributed by atoms with Gasteiger partial charge in [0.05, 0.1) is 12.7 Å². The number of hydrogen-bond acceptors (Lipinski definition) is 5. The number of aromatic amines is 1. The van der Waals surface area contributed by atoms with E-state index in [4.69, 9.17) is 13.6 Å². The standard InChI is InChI=1S/C21H40N2O5Si2/c1-20(2,3)29(7,8)26-14-16-15(28-30(9,10)21(4,5)6)13-18(27-16)23-12-11-17(24)22-19(23)25/h11-12,15-16,18H,13-14H2,1-10H3,(H,22,24,25)/t15-,16-,18-/m1/s1. The summed E-state index contributed by atoms with van der Waals surface area (Å²) >= 11 is 0. The molecule has 1 aromatic rings. The van der Waals surface area contributed by atoms with E-state index >= 15 is 0 Å². The molecule has 0 spiro atoms. The molecular formula is C21H40N2O5Si2. The van der Waals surface area contributed by atoms with Gasteiger partial charge in [0.25, 0.3) is 5.56 Å². The molecule has 0 saturated carbocycles. The SMILES string of the molecule is CC(C)(C)[Si](C)(C)OC[C@H]1O[C@@H](n2ccc(=O)[nH]c2=O)C[C@H]1O[Si](C)(C)C(C)(C)C. The minimum Gasteiger partial charge on any atom is -0.414 e. The van der Waals surface area contributed by atoms with Gasteiger partial charge in [-0.2, -0.15) is 0 Å². The summed E-state index contributed by atoms with van der Waals surface area (Å²) in [6.45, 7) is 22.6. The summed E-state index contributed by atoms with van der Waals surface area (Å²) < 4.78 is 20.9. The Bertz CT molecular complexity index is 848. The van der Waals surface area contributed by atoms with Gasteiger partial charge in [-0.3, -0.25) is 14.3 Å². The second-order valence-electron chi connectivity index (χ2n) is 11.4. The van der Waals surface area contributed by atoms with Crippen LogP contribution in [-0.4, -0.2) is 45.0 Å². The van der Waals surface area contributed by atoms with Crippen molar-refractivity contribution in [3.63, 3.8) is 0 Å². The molecule has 30 heavy (non-hydrogen) atoms. The van der Waals surface area contributed by atoms with Gasteiger partial charge >= 0.3 is 5.69 Å². The number of nitrogens with one attached hydrogen (secondary N) is 1. The minimum atomic E-state index is -2.05. The molecule has 0 radical (unpaired) electrons. The second kappa shape index (κ2) is 8.50. The van der Waals surface area contributed by atoms with Crippen molar-refractivity contribution >= 4 is 16.6 Å². The van der Waals surface area contributed by atoms with Crippen LogP contribution in [0.25, 0.3) is 0 Å². The average Bonchev–Trinajstić information content (AvgIpc) is 2.92. The van der Waals surface area contributed by atoms with Gasteiger partial charge in [-0.15, -0.1) is 0 Å². The molecule has 0 amide bonds. The number of H-pyrrole nitrogens is 1. The number of rotatable bonds is 6. The maximum Gasteiger partial charge on any atom is 0.330 e. The molecule has 0 aliphatic carbocycles. The van der Waals surface area contributed by atoms with Crippen molar-refractivity contribution in [2.75, 3.05) is 6.61 Å². The largest absolute Gasteiger partial charge is 0.414 e. The molecule has 7 nitrogen and oxygen atoms in total. The lowest BCUT2D eigenvalue weighted by Gasteiger charge is -2.40. The van der Waals surface area contributed by atoms with Gasteiger partial charge < -0.3 is 13.6 Å². The molecule has 1 fully saturated rings. The van der Waals surface area contributed by atoms with Crippen LogP contribution in [0, 0.1) is 0 Å². The minimum absolute atomic E-state index is 0.0603. The third-order valence-corrected chi connectivity index (χ3v) is 16.0. The van der Waals surface area contributed by atoms with Crippen LogP contribution < -0.4 is 11.2 Å². The number of nitrogens with zero attached hydrogens (tertiary/aromatic N) is 1. The van der Waals surface area contributed by atoms with Crippen LogP contribution in [0.1, 0.15) is 54.2 Å². The van der Waals surface area contributed by atoms with Crippen molar-refractivity contribution in [3.8, 4) is 0 Å². The molecule has 1 aliphatic heterocycles. The van der Waals surface area contributed by atoms with Crippen LogP contribution >= 0.6 is 0 Å². The molecule has 9 heteroatoms. The van der Waals surface area contributed by atoms with E-state index in [0.717, 1.165) is 0 Å². The third kappa shape index (κ3) is 5.61. The third-order valence-electron chi connectivity index (χ3n) is 7.01. The lowest BCUT2D eigenvalue weighted by molar-refractivity contribution is -0.0412. The highest BCUT2D eigenvalue weighted by molar-refractivity contribution is 6.74. The molecule has 172 valence electrons. The van der Waals surface area contributed by atoms with E-state index in [9.17, 15) is 9.59 Å². The normalized spacial score (nSPS) is 23.7. The predicted octanol–water partition coefficient (Wildman–Crippen LogP) is 4.24. The van der Waals surface area contributed by atoms with Crippen molar-refractivity contribution < 1.29 is 13.6 Å². The molecule has 1 saturated heterocycles. The van der Waals surface area contributed by atoms with Crippen LogP contribution in [0.5, 0.6) is 0 Å². The zero-order chi connectivity index (χ0) is 23.1. The van der Waals surface area contributed by atoms with E-state index in [2.05, 4.69) is 72.7 Å². The first-order valence-corrected chi connectivity index (χ1v) is 16.5. The van der Waals surface area contributed by atoms with Crippen molar-refractivity contribution in [1.29, 1.82) is 0 Å². The molecule has 0 bridgehead atoms. The Morgan fingerprint density at radius 1 is 1.07 bits per heavy atom. The second-order valence-corrected chi connectivity index (χ2v) is 20.9. The van der Waals surface area contributed by atoms with Crippen molar-refractivity contribution in [3.05, 3.63) is 33.1 Å². The molecule has 3 atom stereocenters. The van der Waals surface area contributed by atoms with Gasteiger partial charge in [0.1, 0.15) is 12.3 Å². The predicted molar refractivity (Wildman–Crippen MR) is 125 cm³/mol. The number of ether oxygens (including phenoxy) is 1. The molecular weight excluding hydrogens is 416 g/mol. The van der Waals surface area contributed by atoms with E-state index in [1.807, 2.05) is 0 Å². The Labute approximate surface area is 182 Å². The highest BCUT2D eigenvalue weighted by Gasteiger charge is 2.46. The summed E-state index contributed by atoms with van der Waals surface area (Å²) in [5.74, 6) is 0. The number of aromatic nitrogens is 2. The lowest BCUT2D eigenvalue weighted by Crippen LogP contribution is -2.48. The molecule has 0 aromatic carbocycles. The van der Waals surface area contributed by atoms with Gasteiger partial charge in [-0.25, -0.2) is 4.79 Å². The van der Waals surface area contributed by atoms with Crippen LogP contribution in [0.15, 0.2) is 21.9 Å². The fourth-order valence-corrected chi connectivity index (χ4v) is 5.23. The van der Waals surface area contributed by atoms with Crippen LogP contribution in [0.3, 0.4) is 0 Å². The van der Waals surface area contributed by atoms with Crippen molar-refractivity contribution in [1.82, 2.24) is 9.55 Å². The lowest BCUT2D eigenvalue weighted by atomic mass is 10.2. The van der Waals surface area contributed by atoms with Crippen LogP contribution in [0.4, 0.5) is 0 Å². The molecule has 2 heterocycles. The Morgan fingerprint density at radius 2 is 1.63 bits per heavy atom. The van der Waals surface area contributed by atoms with Gasteiger partial charge in [0.2, 0.25) is 0 Å². The Kier molecular flexibility index (Phi) is 7.15. The summed E-state index contributed by atoms with van der Waals surface area (Å²) in [5.41, 5.74) is -0.884. The van der Waals surface area contributed by atoms with E-state index in [-0.39, 0.29) is 22.3 Å². The first-order chi connectivity index (χ1) is 13.4. The molecule has 1 aromatic heterocycles. The monoisotopic (exact) mass is 456 g/mol. The molecule has 1 N–H and O–H groups in total. The maximum absolute atomic E-state index is 12.3. The molecule has 2 rings (SSSR count). The quantitative estimate of drug-likeness (QED) is 0.648. The fraction of sp³-hybridized carbons (Fsp3) is 0.810. The highest BCUT2D eigenvalue weighted by Crippen LogP contribution is 2.42. The summed E-state index contributed by atoms with van der Waals surface area (Å²) in [5, 5.41) is 0.154. The Morgan fingerprint density at radius 3 is 2.13 bits per heavy atom. The number of hydrogen-bond donors (Lipinski definition) is 1. The van der Waals surface area contributed by atoms with Gasteiger partial charge in [-0.1, -0.05) is 41.5 Å². The first kappa shape index (κ1) is 25.3. The van der Waals surface area contributed by atoms with Crippen LogP contribution in [0.2, 0.25) is 36.3 Å². The summed E-state index contributed by atoms with van der Waals surface area (Å²) in [4.78, 5) is 26.1. The van der Waals surface area contributed by atoms with Gasteiger partial charge in [0.15, 0.2) is 16.6 Å². The average molecular weight is 457 g/mol. The van der Waals surface area contributed by atoms with E-state index in [1.165, 1.54) is 16.8 Å². The highest BCUT2D eigenvalue weighted by atomic mass is 28.4. The smallest absolute Gasteiger partial charge is 0.330 e. The molecule has 0 unspecified atom stereocenters. The maximum atomic E-state index is 12.3. The molecule has 1 aliphatic rings. The van der Waals surface area contributed by atoms with Gasteiger partial charge in [-0.05, 0) is 36.3 Å². The topological polar surface area (TPSA) is 82.5 Å².